The number of carbonyl (C=O) groups excluding carboxylic acids is 1. The number of para-hydroxylation sites is 1. The van der Waals surface area contributed by atoms with E-state index in [-0.39, 0.29) is 6.54 Å². The zero-order valence-corrected chi connectivity index (χ0v) is 21.2. The number of amides is 1. The fourth-order valence-electron chi connectivity index (χ4n) is 4.53. The second-order valence-corrected chi connectivity index (χ2v) is 10.4. The summed E-state index contributed by atoms with van der Waals surface area (Å²) in [7, 11) is -2.09. The first-order valence-corrected chi connectivity index (χ1v) is 12.8. The van der Waals surface area contributed by atoms with E-state index in [4.69, 9.17) is 25.2 Å². The van der Waals surface area contributed by atoms with E-state index in [2.05, 4.69) is 0 Å². The van der Waals surface area contributed by atoms with Gasteiger partial charge < -0.3 is 4.90 Å². The SMILES string of the molecule is COP(=O)(OC)O[C@@]1([C@@H](C[N+](=O)[O-])c2cccc(Cl)c2)C(=O)N(Cc2ccccc2)c2ccccc21. The van der Waals surface area contributed by atoms with Crippen molar-refractivity contribution in [2.75, 3.05) is 25.7 Å². The lowest BCUT2D eigenvalue weighted by Crippen LogP contribution is -2.48. The Morgan fingerprint density at radius 1 is 1.03 bits per heavy atom. The highest BCUT2D eigenvalue weighted by Gasteiger charge is 2.62. The third-order valence-electron chi connectivity index (χ3n) is 6.12. The van der Waals surface area contributed by atoms with Crippen LogP contribution in [0.5, 0.6) is 0 Å². The van der Waals surface area contributed by atoms with Gasteiger partial charge in [-0.2, -0.15) is 0 Å². The Kier molecular flexibility index (Phi) is 7.59. The molecule has 188 valence electrons. The van der Waals surface area contributed by atoms with Crippen LogP contribution in [0.1, 0.15) is 22.6 Å². The lowest BCUT2D eigenvalue weighted by atomic mass is 9.78. The fraction of sp³-hybridized carbons (Fsp3) is 0.240. The Morgan fingerprint density at radius 2 is 1.69 bits per heavy atom. The standard InChI is InChI=1S/C25H24ClN2O7P/c1-33-36(32,34-2)35-25(22(17-28(30)31)19-11-8-12-20(26)15-19)21-13-6-7-14-23(21)27(24(25)29)16-18-9-4-3-5-10-18/h3-15,22H,16-17H2,1-2H3/t22-,25-/m0/s1. The van der Waals surface area contributed by atoms with Crippen molar-refractivity contribution in [3.63, 3.8) is 0 Å². The predicted molar refractivity (Wildman–Crippen MR) is 135 cm³/mol. The Balaban J connectivity index is 1.99. The third kappa shape index (κ3) is 4.81. The van der Waals surface area contributed by atoms with Crippen molar-refractivity contribution in [1.29, 1.82) is 0 Å². The number of nitrogens with zero attached hydrogens (tertiary/aromatic N) is 2. The molecule has 0 fully saturated rings. The number of hydrogen-bond acceptors (Lipinski definition) is 7. The average Bonchev–Trinajstić information content (AvgIpc) is 3.11. The zero-order valence-electron chi connectivity index (χ0n) is 19.6. The molecule has 1 aliphatic rings. The molecule has 1 aliphatic heterocycles. The summed E-state index contributed by atoms with van der Waals surface area (Å²) in [6.45, 7) is -0.556. The van der Waals surface area contributed by atoms with Gasteiger partial charge in [-0.05, 0) is 29.3 Å². The lowest BCUT2D eigenvalue weighted by Gasteiger charge is -2.36. The molecular formula is C25H24ClN2O7P. The van der Waals surface area contributed by atoms with Gasteiger partial charge in [0.15, 0.2) is 5.60 Å². The van der Waals surface area contributed by atoms with Gasteiger partial charge in [-0.25, -0.2) is 4.57 Å². The van der Waals surface area contributed by atoms with E-state index < -0.39 is 36.7 Å². The van der Waals surface area contributed by atoms with Crippen molar-refractivity contribution in [2.24, 2.45) is 0 Å². The molecule has 0 aliphatic carbocycles. The quantitative estimate of drug-likeness (QED) is 0.192. The maximum atomic E-state index is 14.4. The second kappa shape index (κ2) is 10.5. The van der Waals surface area contributed by atoms with Crippen LogP contribution in [-0.4, -0.2) is 31.6 Å². The summed E-state index contributed by atoms with van der Waals surface area (Å²) < 4.78 is 29.5. The first kappa shape index (κ1) is 26.0. The number of anilines is 1. The summed E-state index contributed by atoms with van der Waals surface area (Å²) in [5, 5.41) is 12.2. The molecule has 3 aromatic rings. The van der Waals surface area contributed by atoms with Crippen molar-refractivity contribution in [3.8, 4) is 0 Å². The van der Waals surface area contributed by atoms with E-state index in [1.54, 1.807) is 42.5 Å². The largest absolute Gasteiger partial charge is 0.475 e. The number of fused-ring (bicyclic) bond motifs is 1. The van der Waals surface area contributed by atoms with Gasteiger partial charge in [0, 0.05) is 29.7 Å². The van der Waals surface area contributed by atoms with E-state index in [0.717, 1.165) is 19.8 Å². The van der Waals surface area contributed by atoms with Crippen molar-refractivity contribution in [2.45, 2.75) is 18.1 Å². The monoisotopic (exact) mass is 530 g/mol. The maximum absolute atomic E-state index is 14.4. The number of benzene rings is 3. The van der Waals surface area contributed by atoms with Gasteiger partial charge in [-0.3, -0.25) is 28.5 Å². The van der Waals surface area contributed by atoms with Crippen LogP contribution in [0.2, 0.25) is 5.02 Å². The highest BCUT2D eigenvalue weighted by molar-refractivity contribution is 7.48. The minimum atomic E-state index is -4.33. The van der Waals surface area contributed by atoms with E-state index in [1.165, 1.54) is 11.0 Å². The molecule has 0 saturated heterocycles. The Morgan fingerprint density at radius 3 is 2.33 bits per heavy atom. The van der Waals surface area contributed by atoms with Gasteiger partial charge in [0.25, 0.3) is 5.91 Å². The molecule has 3 aromatic carbocycles. The molecule has 36 heavy (non-hydrogen) atoms. The molecule has 0 aromatic heterocycles. The number of carbonyl (C=O) groups is 1. The summed E-state index contributed by atoms with van der Waals surface area (Å²) in [6.07, 6.45) is 0. The maximum Gasteiger partial charge on any atom is 0.475 e. The zero-order chi connectivity index (χ0) is 25.9. The summed E-state index contributed by atoms with van der Waals surface area (Å²) >= 11 is 6.23. The highest BCUT2D eigenvalue weighted by atomic mass is 35.5. The van der Waals surface area contributed by atoms with Crippen molar-refractivity contribution in [3.05, 3.63) is 111 Å². The fourth-order valence-corrected chi connectivity index (χ4v) is 5.68. The Labute approximate surface area is 213 Å². The molecule has 1 amide bonds. The second-order valence-electron chi connectivity index (χ2n) is 8.16. The van der Waals surface area contributed by atoms with E-state index >= 15 is 0 Å². The van der Waals surface area contributed by atoms with Crippen LogP contribution in [0.15, 0.2) is 78.9 Å². The number of phosphoric ester groups is 1. The van der Waals surface area contributed by atoms with E-state index in [1.807, 2.05) is 30.3 Å². The molecule has 0 N–H and O–H groups in total. The van der Waals surface area contributed by atoms with Crippen LogP contribution in [0.3, 0.4) is 0 Å². The highest BCUT2D eigenvalue weighted by Crippen LogP contribution is 2.61. The van der Waals surface area contributed by atoms with Crippen LogP contribution >= 0.6 is 19.4 Å². The van der Waals surface area contributed by atoms with Gasteiger partial charge >= 0.3 is 7.82 Å². The molecule has 2 atom stereocenters. The van der Waals surface area contributed by atoms with E-state index in [9.17, 15) is 19.5 Å². The first-order chi connectivity index (χ1) is 17.2. The Hall–Kier alpha value is -3.07. The van der Waals surface area contributed by atoms with Crippen molar-refractivity contribution >= 4 is 31.0 Å². The van der Waals surface area contributed by atoms with Crippen LogP contribution in [0, 0.1) is 10.1 Å². The first-order valence-electron chi connectivity index (χ1n) is 11.0. The Bertz CT molecular complexity index is 1310. The van der Waals surface area contributed by atoms with Gasteiger partial charge in [-0.1, -0.05) is 72.3 Å². The average molecular weight is 531 g/mol. The molecule has 0 spiro atoms. The van der Waals surface area contributed by atoms with Crippen LogP contribution in [0.25, 0.3) is 0 Å². The van der Waals surface area contributed by atoms with E-state index in [0.29, 0.717) is 21.8 Å². The molecule has 0 radical (unpaired) electrons. The predicted octanol–water partition coefficient (Wildman–Crippen LogP) is 5.56. The number of halogens is 1. The number of phosphoric acid groups is 1. The minimum Gasteiger partial charge on any atom is -0.305 e. The van der Waals surface area contributed by atoms with Gasteiger partial charge in [0.05, 0.1) is 18.2 Å². The van der Waals surface area contributed by atoms with Crippen LogP contribution in [0.4, 0.5) is 5.69 Å². The molecular weight excluding hydrogens is 507 g/mol. The molecule has 0 bridgehead atoms. The van der Waals surface area contributed by atoms with Gasteiger partial charge in [0.2, 0.25) is 6.54 Å². The van der Waals surface area contributed by atoms with Crippen molar-refractivity contribution < 1.29 is 27.9 Å². The smallest absolute Gasteiger partial charge is 0.305 e. The molecule has 9 nitrogen and oxygen atoms in total. The summed E-state index contributed by atoms with van der Waals surface area (Å²) in [5.74, 6) is -1.85. The lowest BCUT2D eigenvalue weighted by molar-refractivity contribution is -0.486. The number of rotatable bonds is 10. The normalized spacial score (nSPS) is 18.2. The van der Waals surface area contributed by atoms with Gasteiger partial charge in [0.1, 0.15) is 0 Å². The van der Waals surface area contributed by atoms with Gasteiger partial charge in [-0.15, -0.1) is 0 Å². The third-order valence-corrected chi connectivity index (χ3v) is 7.76. The molecule has 1 heterocycles. The number of nitro groups is 1. The molecule has 11 heteroatoms. The number of hydrogen-bond donors (Lipinski definition) is 0. The molecule has 0 saturated carbocycles. The van der Waals surface area contributed by atoms with Crippen molar-refractivity contribution in [1.82, 2.24) is 0 Å². The minimum absolute atomic E-state index is 0.160. The summed E-state index contributed by atoms with van der Waals surface area (Å²) in [4.78, 5) is 27.2. The summed E-state index contributed by atoms with van der Waals surface area (Å²) in [5.41, 5.74) is -0.132. The van der Waals surface area contributed by atoms with Crippen LogP contribution < -0.4 is 4.90 Å². The molecule has 4 rings (SSSR count). The molecule has 0 unspecified atom stereocenters. The summed E-state index contributed by atoms with van der Waals surface area (Å²) in [6, 6.07) is 22.4. The topological polar surface area (TPSA) is 108 Å². The van der Waals surface area contributed by atoms with Crippen LogP contribution in [-0.2, 0) is 35.1 Å².